The van der Waals surface area contributed by atoms with Gasteiger partial charge in [0.05, 0.1) is 47.4 Å². The number of piperidine rings is 3. The number of nitrogen functional groups attached to an aromatic ring is 1. The predicted molar refractivity (Wildman–Crippen MR) is 220 cm³/mol. The molecule has 16 heteroatoms. The Labute approximate surface area is 341 Å². The monoisotopic (exact) mass is 800 g/mol. The molecule has 15 nitrogen and oxygen atoms in total. The number of hydrogen-bond donors (Lipinski definition) is 2. The molecular weight excluding hydrogens is 752 g/mol. The number of carbonyl (C=O) groups is 2. The maximum absolute atomic E-state index is 14.3. The number of aryl methyl sites for hydroxylation is 1. The molecule has 0 aliphatic carbocycles. The Morgan fingerprint density at radius 1 is 0.932 bits per heavy atom. The minimum absolute atomic E-state index is 0.212. The zero-order chi connectivity index (χ0) is 40.6. The number of fused-ring (bicyclic) bond motifs is 1. The first kappa shape index (κ1) is 38.4. The average molecular weight is 801 g/mol. The number of nitrogens with zero attached hydrogens (tertiary/aromatic N) is 10. The number of imide groups is 1. The van der Waals surface area contributed by atoms with Crippen molar-refractivity contribution in [2.24, 2.45) is 13.0 Å². The van der Waals surface area contributed by atoms with E-state index in [4.69, 9.17) is 20.7 Å². The molecule has 59 heavy (non-hydrogen) atoms. The minimum Gasteiger partial charge on any atom is -0.482 e. The lowest BCUT2D eigenvalue weighted by Gasteiger charge is -2.36. The van der Waals surface area contributed by atoms with Crippen LogP contribution >= 0.6 is 0 Å². The maximum Gasteiger partial charge on any atom is 0.235 e. The number of benzene rings is 2. The Balaban J connectivity index is 0.755. The van der Waals surface area contributed by atoms with Gasteiger partial charge in [-0.15, -0.1) is 0 Å². The zero-order valence-electron chi connectivity index (χ0n) is 33.4. The SMILES string of the molecule is C[C@@H](Oc1cc(-c2cnn(C3CCN(CCC4CCN(c5ccc6c(C7CCC(=O)NC7=O)nn(C)c6c5)CC4)CC3)c2)cnc1N)c1cc(F)ccc1-n1nccn1. The van der Waals surface area contributed by atoms with Crippen LogP contribution in [0.3, 0.4) is 0 Å². The Bertz CT molecular complexity index is 2460. The largest absolute Gasteiger partial charge is 0.482 e. The zero-order valence-corrected chi connectivity index (χ0v) is 33.4. The summed E-state index contributed by atoms with van der Waals surface area (Å²) in [4.78, 5) is 35.2. The summed E-state index contributed by atoms with van der Waals surface area (Å²) in [5, 5.41) is 21.3. The summed E-state index contributed by atoms with van der Waals surface area (Å²) < 4.78 is 24.5. The number of nitrogens with one attached hydrogen (secondary N) is 1. The van der Waals surface area contributed by atoms with Crippen LogP contribution in [0.2, 0.25) is 0 Å². The lowest BCUT2D eigenvalue weighted by molar-refractivity contribution is -0.134. The van der Waals surface area contributed by atoms with Gasteiger partial charge >= 0.3 is 0 Å². The van der Waals surface area contributed by atoms with Crippen LogP contribution in [0.4, 0.5) is 15.9 Å². The number of likely N-dealkylation sites (tertiary alicyclic amines) is 1. The van der Waals surface area contributed by atoms with Gasteiger partial charge in [0.15, 0.2) is 11.6 Å². The first-order valence-electron chi connectivity index (χ1n) is 20.6. The van der Waals surface area contributed by atoms with Gasteiger partial charge in [-0.3, -0.25) is 24.3 Å². The quantitative estimate of drug-likeness (QED) is 0.154. The molecule has 3 saturated heterocycles. The van der Waals surface area contributed by atoms with Gasteiger partial charge in [0.25, 0.3) is 0 Å². The van der Waals surface area contributed by atoms with E-state index in [-0.39, 0.29) is 23.4 Å². The number of carbonyl (C=O) groups excluding carboxylic acids is 2. The van der Waals surface area contributed by atoms with Crippen LogP contribution in [0.15, 0.2) is 73.4 Å². The number of ether oxygens (including phenoxy) is 1. The van der Waals surface area contributed by atoms with E-state index in [1.165, 1.54) is 29.0 Å². The summed E-state index contributed by atoms with van der Waals surface area (Å²) in [6.45, 7) is 7.06. The second-order valence-corrected chi connectivity index (χ2v) is 16.1. The summed E-state index contributed by atoms with van der Waals surface area (Å²) in [6.07, 6.45) is 14.7. The number of rotatable bonds is 11. The third-order valence-electron chi connectivity index (χ3n) is 12.4. The van der Waals surface area contributed by atoms with E-state index in [1.54, 1.807) is 24.7 Å². The molecule has 2 amide bonds. The molecule has 306 valence electrons. The van der Waals surface area contributed by atoms with Gasteiger partial charge in [-0.05, 0) is 100 Å². The highest BCUT2D eigenvalue weighted by atomic mass is 19.1. The van der Waals surface area contributed by atoms with Crippen LogP contribution in [0.5, 0.6) is 5.75 Å². The van der Waals surface area contributed by atoms with Crippen LogP contribution in [0.25, 0.3) is 27.7 Å². The Kier molecular flexibility index (Phi) is 10.6. The van der Waals surface area contributed by atoms with E-state index < -0.39 is 12.0 Å². The first-order chi connectivity index (χ1) is 28.7. The molecule has 3 N–H and O–H groups in total. The van der Waals surface area contributed by atoms with Gasteiger partial charge in [0.2, 0.25) is 11.8 Å². The summed E-state index contributed by atoms with van der Waals surface area (Å²) in [6, 6.07) is 13.0. The van der Waals surface area contributed by atoms with Gasteiger partial charge in [0.1, 0.15) is 11.9 Å². The molecule has 3 aliphatic rings. The first-order valence-corrected chi connectivity index (χ1v) is 20.6. The molecule has 4 aromatic heterocycles. The number of pyridine rings is 1. The smallest absolute Gasteiger partial charge is 0.235 e. The van der Waals surface area contributed by atoms with E-state index in [0.29, 0.717) is 41.8 Å². The van der Waals surface area contributed by atoms with Crippen molar-refractivity contribution in [3.05, 3.63) is 90.5 Å². The van der Waals surface area contributed by atoms with Crippen molar-refractivity contribution < 1.29 is 18.7 Å². The molecule has 0 radical (unpaired) electrons. The highest BCUT2D eigenvalue weighted by molar-refractivity contribution is 6.02. The fraction of sp³-hybridized carbons (Fsp3) is 0.419. The third kappa shape index (κ3) is 8.00. The van der Waals surface area contributed by atoms with Crippen molar-refractivity contribution in [1.82, 2.24) is 49.8 Å². The number of hydrogen-bond acceptors (Lipinski definition) is 11. The Morgan fingerprint density at radius 3 is 2.51 bits per heavy atom. The highest BCUT2D eigenvalue weighted by Crippen LogP contribution is 2.36. The maximum atomic E-state index is 14.3. The number of amides is 2. The lowest BCUT2D eigenvalue weighted by Crippen LogP contribution is -2.39. The molecule has 3 fully saturated rings. The molecular formula is C43H49FN12O3. The molecule has 7 heterocycles. The molecule has 9 rings (SSSR count). The lowest BCUT2D eigenvalue weighted by atomic mass is 9.92. The highest BCUT2D eigenvalue weighted by Gasteiger charge is 2.32. The van der Waals surface area contributed by atoms with Crippen LogP contribution in [0, 0.1) is 11.7 Å². The number of anilines is 2. The fourth-order valence-electron chi connectivity index (χ4n) is 8.96. The van der Waals surface area contributed by atoms with Crippen molar-refractivity contribution in [2.75, 3.05) is 43.4 Å². The van der Waals surface area contributed by atoms with Crippen molar-refractivity contribution >= 4 is 34.2 Å². The summed E-state index contributed by atoms with van der Waals surface area (Å²) >= 11 is 0. The Morgan fingerprint density at radius 2 is 1.73 bits per heavy atom. The van der Waals surface area contributed by atoms with E-state index in [9.17, 15) is 14.0 Å². The molecule has 2 atom stereocenters. The number of nitrogens with two attached hydrogens (primary N) is 1. The van der Waals surface area contributed by atoms with Gasteiger partial charge in [0, 0.05) is 79.8 Å². The molecule has 6 aromatic rings. The van der Waals surface area contributed by atoms with Gasteiger partial charge in [-0.25, -0.2) is 9.37 Å². The fourth-order valence-corrected chi connectivity index (χ4v) is 8.96. The van der Waals surface area contributed by atoms with Crippen LogP contribution in [0.1, 0.15) is 81.2 Å². The van der Waals surface area contributed by atoms with Crippen LogP contribution in [-0.2, 0) is 16.6 Å². The second-order valence-electron chi connectivity index (χ2n) is 16.1. The van der Waals surface area contributed by atoms with Crippen LogP contribution in [-0.4, -0.2) is 89.0 Å². The van der Waals surface area contributed by atoms with Gasteiger partial charge < -0.3 is 20.3 Å². The summed E-state index contributed by atoms with van der Waals surface area (Å²) in [5.41, 5.74) is 12.2. The van der Waals surface area contributed by atoms with Crippen molar-refractivity contribution in [2.45, 2.75) is 69.9 Å². The molecule has 2 aromatic carbocycles. The summed E-state index contributed by atoms with van der Waals surface area (Å²) in [5.74, 6) is 0.0942. The summed E-state index contributed by atoms with van der Waals surface area (Å²) in [7, 11) is 1.92. The third-order valence-corrected chi connectivity index (χ3v) is 12.4. The number of aromatic nitrogens is 8. The predicted octanol–water partition coefficient (Wildman–Crippen LogP) is 5.74. The normalized spacial score (nSPS) is 19.0. The van der Waals surface area contributed by atoms with E-state index in [1.807, 2.05) is 30.9 Å². The van der Waals surface area contributed by atoms with Crippen molar-refractivity contribution in [3.8, 4) is 22.6 Å². The minimum atomic E-state index is -0.565. The topological polar surface area (TPSA) is 167 Å². The molecule has 0 bridgehead atoms. The van der Waals surface area contributed by atoms with Gasteiger partial charge in [-0.2, -0.15) is 25.2 Å². The Hall–Kier alpha value is -6.16. The molecule has 0 spiro atoms. The van der Waals surface area contributed by atoms with Crippen molar-refractivity contribution in [1.29, 1.82) is 0 Å². The average Bonchev–Trinajstić information content (AvgIpc) is 4.03. The second kappa shape index (κ2) is 16.2. The number of halogens is 1. The molecule has 1 unspecified atom stereocenters. The van der Waals surface area contributed by atoms with Crippen LogP contribution < -0.4 is 20.7 Å². The molecule has 0 saturated carbocycles. The standard InChI is InChI=1S/C43H49FN12O3/c1-27(36-22-31(44)3-7-37(36)56-47-14-15-48-56)59-39-21-29(24-46-42(39)45)30-25-49-55(26-30)32-12-17-53(18-13-32)16-9-28-10-19-54(20-11-28)33-4-5-34-38(23-33)52(2)51-41(34)35-6-8-40(57)50-43(35)58/h3-5,7,14-15,21-28,32,35H,6,8-13,16-20H2,1-2H3,(H2,45,46)(H,50,57,58)/t27-,35?/m1/s1. The van der Waals surface area contributed by atoms with Gasteiger partial charge in [-0.1, -0.05) is 0 Å². The van der Waals surface area contributed by atoms with E-state index >= 15 is 0 Å². The van der Waals surface area contributed by atoms with E-state index in [2.05, 4.69) is 59.4 Å². The molecule has 3 aliphatic heterocycles. The van der Waals surface area contributed by atoms with E-state index in [0.717, 1.165) is 86.1 Å². The van der Waals surface area contributed by atoms with Crippen molar-refractivity contribution in [3.63, 3.8) is 0 Å².